The minimum atomic E-state index is -0.824. The first kappa shape index (κ1) is 18.4. The molecule has 0 spiro atoms. The van der Waals surface area contributed by atoms with Crippen molar-refractivity contribution in [2.24, 2.45) is 0 Å². The Balaban J connectivity index is 2.05. The highest BCUT2D eigenvalue weighted by molar-refractivity contribution is 6.21. The third-order valence-corrected chi connectivity index (χ3v) is 4.35. The largest absolute Gasteiger partial charge is 0.493 e. The van der Waals surface area contributed by atoms with E-state index in [0.717, 1.165) is 17.0 Å². The zero-order valence-corrected chi connectivity index (χ0v) is 14.9. The number of ether oxygens (including phenoxy) is 2. The Labute approximate surface area is 155 Å². The van der Waals surface area contributed by atoms with Gasteiger partial charge in [-0.15, -0.1) is 0 Å². The zero-order chi connectivity index (χ0) is 19.6. The summed E-state index contributed by atoms with van der Waals surface area (Å²) in [5.41, 5.74) is 0.681. The molecule has 0 aromatic heterocycles. The molecular weight excluding hydrogens is 351 g/mol. The summed E-state index contributed by atoms with van der Waals surface area (Å²) in [6.07, 6.45) is -0.105. The van der Waals surface area contributed by atoms with Crippen molar-refractivity contribution in [2.75, 3.05) is 13.7 Å². The van der Waals surface area contributed by atoms with E-state index in [-0.39, 0.29) is 17.5 Å². The summed E-state index contributed by atoms with van der Waals surface area (Å²) in [7, 11) is 1.50. The number of fused-ring (bicyclic) bond motifs is 1. The summed E-state index contributed by atoms with van der Waals surface area (Å²) < 4.78 is 24.3. The predicted octanol–water partition coefficient (Wildman–Crippen LogP) is 3.48. The summed E-state index contributed by atoms with van der Waals surface area (Å²) in [4.78, 5) is 26.5. The van der Waals surface area contributed by atoms with Gasteiger partial charge in [0.05, 0.1) is 43.4 Å². The number of benzene rings is 2. The van der Waals surface area contributed by atoms with Gasteiger partial charge in [-0.1, -0.05) is 6.07 Å². The van der Waals surface area contributed by atoms with Crippen molar-refractivity contribution >= 4 is 11.8 Å². The van der Waals surface area contributed by atoms with Crippen LogP contribution in [0.1, 0.15) is 45.7 Å². The molecule has 2 amide bonds. The number of methoxy groups -OCH3 is 1. The monoisotopic (exact) mass is 368 g/mol. The number of halogens is 1. The summed E-state index contributed by atoms with van der Waals surface area (Å²) in [6, 6.07) is 9.62. The van der Waals surface area contributed by atoms with Crippen molar-refractivity contribution < 1.29 is 23.5 Å². The molecule has 27 heavy (non-hydrogen) atoms. The Morgan fingerprint density at radius 2 is 1.85 bits per heavy atom. The highest BCUT2D eigenvalue weighted by Crippen LogP contribution is 2.37. The van der Waals surface area contributed by atoms with Crippen molar-refractivity contribution in [1.82, 2.24) is 4.90 Å². The normalized spacial score (nSPS) is 13.9. The van der Waals surface area contributed by atoms with Crippen LogP contribution in [0.4, 0.5) is 4.39 Å². The van der Waals surface area contributed by atoms with Crippen LogP contribution in [0.2, 0.25) is 0 Å². The van der Waals surface area contributed by atoms with Crippen LogP contribution in [0.25, 0.3) is 0 Å². The maximum Gasteiger partial charge on any atom is 0.262 e. The van der Waals surface area contributed by atoms with Gasteiger partial charge in [-0.3, -0.25) is 14.5 Å². The Hall–Kier alpha value is -3.40. The van der Waals surface area contributed by atoms with Gasteiger partial charge in [-0.2, -0.15) is 5.26 Å². The Bertz CT molecular complexity index is 951. The fourth-order valence-corrected chi connectivity index (χ4v) is 3.13. The third kappa shape index (κ3) is 3.22. The molecule has 0 radical (unpaired) electrons. The van der Waals surface area contributed by atoms with Gasteiger partial charge in [0.1, 0.15) is 5.82 Å². The molecule has 0 unspecified atom stereocenters. The molecule has 0 fully saturated rings. The van der Waals surface area contributed by atoms with Gasteiger partial charge in [0.15, 0.2) is 11.5 Å². The second-order valence-corrected chi connectivity index (χ2v) is 5.89. The second-order valence-electron chi connectivity index (χ2n) is 5.89. The molecule has 2 aromatic rings. The Morgan fingerprint density at radius 3 is 2.52 bits per heavy atom. The van der Waals surface area contributed by atoms with Gasteiger partial charge in [-0.25, -0.2) is 4.39 Å². The minimum absolute atomic E-state index is 0.00137. The first-order valence-corrected chi connectivity index (χ1v) is 8.37. The van der Waals surface area contributed by atoms with Crippen LogP contribution in [-0.2, 0) is 0 Å². The molecule has 0 saturated heterocycles. The van der Waals surface area contributed by atoms with Gasteiger partial charge >= 0.3 is 0 Å². The summed E-state index contributed by atoms with van der Waals surface area (Å²) in [5.74, 6) is -0.826. The molecule has 7 heteroatoms. The summed E-state index contributed by atoms with van der Waals surface area (Å²) >= 11 is 0. The van der Waals surface area contributed by atoms with E-state index in [9.17, 15) is 19.2 Å². The summed E-state index contributed by atoms with van der Waals surface area (Å²) in [5, 5.41) is 9.25. The van der Waals surface area contributed by atoms with Crippen LogP contribution < -0.4 is 9.47 Å². The van der Waals surface area contributed by atoms with E-state index in [1.807, 2.05) is 13.0 Å². The average Bonchev–Trinajstić information content (AvgIpc) is 2.90. The molecule has 1 aliphatic rings. The number of carbonyl (C=O) groups excluding carboxylic acids is 2. The van der Waals surface area contributed by atoms with Gasteiger partial charge < -0.3 is 9.47 Å². The molecule has 138 valence electrons. The molecule has 1 heterocycles. The number of amides is 2. The topological polar surface area (TPSA) is 79.6 Å². The predicted molar refractivity (Wildman–Crippen MR) is 94.0 cm³/mol. The molecule has 0 aliphatic carbocycles. The lowest BCUT2D eigenvalue weighted by molar-refractivity contribution is 0.0584. The van der Waals surface area contributed by atoms with Crippen LogP contribution in [-0.4, -0.2) is 30.4 Å². The smallest absolute Gasteiger partial charge is 0.262 e. The van der Waals surface area contributed by atoms with Crippen LogP contribution in [0.3, 0.4) is 0 Å². The number of nitrogens with zero attached hydrogens (tertiary/aromatic N) is 2. The van der Waals surface area contributed by atoms with Crippen molar-refractivity contribution in [1.29, 1.82) is 5.26 Å². The van der Waals surface area contributed by atoms with Crippen molar-refractivity contribution in [3.05, 3.63) is 58.9 Å². The Kier molecular flexibility index (Phi) is 5.08. The minimum Gasteiger partial charge on any atom is -0.493 e. The lowest BCUT2D eigenvalue weighted by Crippen LogP contribution is -2.34. The number of hydrogen-bond donors (Lipinski definition) is 0. The maximum absolute atomic E-state index is 13.5. The fourth-order valence-electron chi connectivity index (χ4n) is 3.13. The number of imide groups is 1. The number of nitriles is 1. The number of hydrogen-bond acceptors (Lipinski definition) is 5. The van der Waals surface area contributed by atoms with E-state index >= 15 is 0 Å². The number of rotatable bonds is 6. The second kappa shape index (κ2) is 7.46. The molecule has 0 bridgehead atoms. The molecule has 1 atom stereocenters. The molecule has 6 nitrogen and oxygen atoms in total. The van der Waals surface area contributed by atoms with Gasteiger partial charge in [0.25, 0.3) is 11.8 Å². The Morgan fingerprint density at radius 1 is 1.11 bits per heavy atom. The first-order chi connectivity index (χ1) is 13.0. The van der Waals surface area contributed by atoms with E-state index in [4.69, 9.17) is 9.47 Å². The standard InChI is InChI=1S/C20H17FN2O4/c1-3-27-18-10-12(4-7-17(18)26-2)16(8-9-22)23-19(24)14-6-5-13(21)11-15(14)20(23)25/h4-7,10-11,16H,3,8H2,1-2H3/t16-/m1/s1. The number of carbonyl (C=O) groups is 2. The van der Waals surface area contributed by atoms with E-state index in [1.165, 1.54) is 13.2 Å². The van der Waals surface area contributed by atoms with Crippen LogP contribution >= 0.6 is 0 Å². The maximum atomic E-state index is 13.5. The molecular formula is C20H17FN2O4. The van der Waals surface area contributed by atoms with E-state index in [1.54, 1.807) is 18.2 Å². The molecule has 3 rings (SSSR count). The van der Waals surface area contributed by atoms with Crippen molar-refractivity contribution in [2.45, 2.75) is 19.4 Å². The lowest BCUT2D eigenvalue weighted by Gasteiger charge is -2.25. The van der Waals surface area contributed by atoms with Gasteiger partial charge in [0.2, 0.25) is 0 Å². The quantitative estimate of drug-likeness (QED) is 0.729. The van der Waals surface area contributed by atoms with Gasteiger partial charge in [0, 0.05) is 0 Å². The van der Waals surface area contributed by atoms with E-state index < -0.39 is 23.7 Å². The highest BCUT2D eigenvalue weighted by atomic mass is 19.1. The summed E-state index contributed by atoms with van der Waals surface area (Å²) in [6.45, 7) is 2.21. The van der Waals surface area contributed by atoms with Crippen LogP contribution in [0.15, 0.2) is 36.4 Å². The van der Waals surface area contributed by atoms with Crippen molar-refractivity contribution in [3.63, 3.8) is 0 Å². The van der Waals surface area contributed by atoms with E-state index in [2.05, 4.69) is 0 Å². The highest BCUT2D eigenvalue weighted by Gasteiger charge is 2.41. The van der Waals surface area contributed by atoms with Gasteiger partial charge in [-0.05, 0) is 42.8 Å². The average molecular weight is 368 g/mol. The van der Waals surface area contributed by atoms with E-state index in [0.29, 0.717) is 23.7 Å². The lowest BCUT2D eigenvalue weighted by atomic mass is 10.0. The van der Waals surface area contributed by atoms with Crippen LogP contribution in [0, 0.1) is 17.1 Å². The molecule has 2 aromatic carbocycles. The molecule has 0 saturated carbocycles. The first-order valence-electron chi connectivity index (χ1n) is 8.37. The third-order valence-electron chi connectivity index (χ3n) is 4.35. The molecule has 0 N–H and O–H groups in total. The molecule has 1 aliphatic heterocycles. The zero-order valence-electron chi connectivity index (χ0n) is 14.9. The SMILES string of the molecule is CCOc1cc([C@@H](CC#N)N2C(=O)c3ccc(F)cc3C2=O)ccc1OC. The fraction of sp³-hybridized carbons (Fsp3) is 0.250. The van der Waals surface area contributed by atoms with Crippen molar-refractivity contribution in [3.8, 4) is 17.6 Å². The van der Waals surface area contributed by atoms with Crippen LogP contribution in [0.5, 0.6) is 11.5 Å².